The summed E-state index contributed by atoms with van der Waals surface area (Å²) in [6.07, 6.45) is 0. The van der Waals surface area contributed by atoms with Gasteiger partial charge in [-0.1, -0.05) is 35.3 Å². The Morgan fingerprint density at radius 1 is 1.28 bits per heavy atom. The number of carbonyl (C=O) groups is 1. The van der Waals surface area contributed by atoms with E-state index < -0.39 is 0 Å². The summed E-state index contributed by atoms with van der Waals surface area (Å²) in [6.45, 7) is 0.410. The number of nitrogens with one attached hydrogen (secondary N) is 2. The average molecular weight is 284 g/mol. The maximum absolute atomic E-state index is 11.8. The van der Waals surface area contributed by atoms with Crippen LogP contribution in [0.4, 0.5) is 5.69 Å². The van der Waals surface area contributed by atoms with Crippen molar-refractivity contribution in [1.29, 1.82) is 0 Å². The zero-order valence-electron chi connectivity index (χ0n) is 9.34. The van der Waals surface area contributed by atoms with Crippen molar-refractivity contribution in [2.75, 3.05) is 5.73 Å². The lowest BCUT2D eigenvalue weighted by atomic mass is 10.2. The number of hydrogen-bond donors (Lipinski definition) is 3. The Morgan fingerprint density at radius 3 is 2.50 bits per heavy atom. The Hall–Kier alpha value is -1.65. The molecule has 1 aromatic heterocycles. The molecule has 0 fully saturated rings. The molecular formula is C12H11Cl2N3O. The van der Waals surface area contributed by atoms with E-state index in [-0.39, 0.29) is 11.1 Å². The van der Waals surface area contributed by atoms with Gasteiger partial charge in [0, 0.05) is 12.2 Å². The van der Waals surface area contributed by atoms with Crippen LogP contribution in [-0.2, 0) is 6.54 Å². The number of aromatic nitrogens is 1. The summed E-state index contributed by atoms with van der Waals surface area (Å²) >= 11 is 11.5. The van der Waals surface area contributed by atoms with Crippen LogP contribution in [0.1, 0.15) is 16.1 Å². The summed E-state index contributed by atoms with van der Waals surface area (Å²) in [6, 6.07) is 8.75. The molecule has 0 bridgehead atoms. The van der Waals surface area contributed by atoms with Gasteiger partial charge in [0.25, 0.3) is 5.91 Å². The molecular weight excluding hydrogens is 273 g/mol. The average Bonchev–Trinajstić information content (AvgIpc) is 2.69. The minimum atomic E-state index is -0.263. The van der Waals surface area contributed by atoms with Crippen LogP contribution in [0.2, 0.25) is 10.2 Å². The van der Waals surface area contributed by atoms with E-state index in [0.717, 1.165) is 5.56 Å². The van der Waals surface area contributed by atoms with Crippen LogP contribution in [0.15, 0.2) is 30.3 Å². The van der Waals surface area contributed by atoms with E-state index in [1.807, 2.05) is 12.1 Å². The molecule has 0 saturated carbocycles. The zero-order valence-corrected chi connectivity index (χ0v) is 10.8. The molecule has 0 aliphatic heterocycles. The summed E-state index contributed by atoms with van der Waals surface area (Å²) in [5.74, 6) is -0.263. The van der Waals surface area contributed by atoms with Gasteiger partial charge in [0.1, 0.15) is 10.8 Å². The molecule has 94 valence electrons. The largest absolute Gasteiger partial charge is 0.399 e. The maximum atomic E-state index is 11.8. The first-order valence-electron chi connectivity index (χ1n) is 5.23. The highest BCUT2D eigenvalue weighted by molar-refractivity contribution is 6.41. The van der Waals surface area contributed by atoms with Crippen molar-refractivity contribution in [3.8, 4) is 0 Å². The highest BCUT2D eigenvalue weighted by atomic mass is 35.5. The Bertz CT molecular complexity index is 544. The molecule has 0 aliphatic carbocycles. The van der Waals surface area contributed by atoms with Gasteiger partial charge < -0.3 is 16.0 Å². The van der Waals surface area contributed by atoms with Crippen molar-refractivity contribution in [2.45, 2.75) is 6.54 Å². The van der Waals surface area contributed by atoms with E-state index in [2.05, 4.69) is 10.3 Å². The van der Waals surface area contributed by atoms with Crippen LogP contribution >= 0.6 is 23.2 Å². The van der Waals surface area contributed by atoms with Crippen LogP contribution < -0.4 is 11.1 Å². The monoisotopic (exact) mass is 283 g/mol. The quantitative estimate of drug-likeness (QED) is 0.758. The van der Waals surface area contributed by atoms with E-state index in [1.165, 1.54) is 6.07 Å². The van der Waals surface area contributed by atoms with E-state index in [1.54, 1.807) is 12.1 Å². The van der Waals surface area contributed by atoms with Gasteiger partial charge >= 0.3 is 0 Å². The molecule has 1 aromatic carbocycles. The summed E-state index contributed by atoms with van der Waals surface area (Å²) < 4.78 is 0. The molecule has 4 nitrogen and oxygen atoms in total. The summed E-state index contributed by atoms with van der Waals surface area (Å²) in [7, 11) is 0. The molecule has 0 radical (unpaired) electrons. The number of carbonyl (C=O) groups excluding carboxylic acids is 1. The molecule has 1 amide bonds. The van der Waals surface area contributed by atoms with Gasteiger partial charge in [-0.15, -0.1) is 0 Å². The molecule has 4 N–H and O–H groups in total. The molecule has 1 heterocycles. The second-order valence-electron chi connectivity index (χ2n) is 3.77. The lowest BCUT2D eigenvalue weighted by molar-refractivity contribution is 0.0946. The fourth-order valence-electron chi connectivity index (χ4n) is 1.44. The van der Waals surface area contributed by atoms with Crippen molar-refractivity contribution in [2.24, 2.45) is 0 Å². The normalized spacial score (nSPS) is 10.3. The Labute approximate surface area is 114 Å². The van der Waals surface area contributed by atoms with E-state index >= 15 is 0 Å². The lowest BCUT2D eigenvalue weighted by Gasteiger charge is -2.04. The predicted octanol–water partition coefficient (Wildman–Crippen LogP) is 2.83. The van der Waals surface area contributed by atoms with Gasteiger partial charge in [0.2, 0.25) is 0 Å². The Balaban J connectivity index is 1.98. The summed E-state index contributed by atoms with van der Waals surface area (Å²) in [5.41, 5.74) is 7.55. The molecule has 0 aliphatic rings. The third-order valence-electron chi connectivity index (χ3n) is 2.40. The minimum Gasteiger partial charge on any atom is -0.399 e. The number of halogens is 2. The van der Waals surface area contributed by atoms with Gasteiger partial charge in [-0.3, -0.25) is 4.79 Å². The van der Waals surface area contributed by atoms with Crippen molar-refractivity contribution in [3.05, 3.63) is 51.8 Å². The smallest absolute Gasteiger partial charge is 0.268 e. The van der Waals surface area contributed by atoms with Crippen LogP contribution in [0, 0.1) is 0 Å². The standard InChI is InChI=1S/C12H11Cl2N3O/c13-9-5-10(17-11(9)14)12(18)16-6-7-1-3-8(15)4-2-7/h1-5,17H,6,15H2,(H,16,18). The van der Waals surface area contributed by atoms with Crippen LogP contribution in [-0.4, -0.2) is 10.9 Å². The van der Waals surface area contributed by atoms with Gasteiger partial charge in [0.05, 0.1) is 5.02 Å². The zero-order chi connectivity index (χ0) is 13.1. The fraction of sp³-hybridized carbons (Fsp3) is 0.0833. The second-order valence-corrected chi connectivity index (χ2v) is 4.55. The molecule has 0 spiro atoms. The molecule has 0 atom stereocenters. The topological polar surface area (TPSA) is 70.9 Å². The highest BCUT2D eigenvalue weighted by Gasteiger charge is 2.10. The third-order valence-corrected chi connectivity index (χ3v) is 3.10. The van der Waals surface area contributed by atoms with Crippen LogP contribution in [0.5, 0.6) is 0 Å². The van der Waals surface area contributed by atoms with Crippen LogP contribution in [0.3, 0.4) is 0 Å². The van der Waals surface area contributed by atoms with Gasteiger partial charge in [-0.05, 0) is 23.8 Å². The van der Waals surface area contributed by atoms with Crippen molar-refractivity contribution in [3.63, 3.8) is 0 Å². The molecule has 2 rings (SSSR count). The van der Waals surface area contributed by atoms with E-state index in [4.69, 9.17) is 28.9 Å². The number of H-pyrrole nitrogens is 1. The van der Waals surface area contributed by atoms with Crippen LogP contribution in [0.25, 0.3) is 0 Å². The number of nitrogen functional groups attached to an aromatic ring is 1. The Kier molecular flexibility index (Phi) is 3.79. The number of benzene rings is 1. The van der Waals surface area contributed by atoms with Crippen molar-refractivity contribution in [1.82, 2.24) is 10.3 Å². The number of anilines is 1. The Morgan fingerprint density at radius 2 is 1.94 bits per heavy atom. The van der Waals surface area contributed by atoms with Crippen molar-refractivity contribution >= 4 is 34.8 Å². The van der Waals surface area contributed by atoms with Gasteiger partial charge in [-0.2, -0.15) is 0 Å². The molecule has 0 unspecified atom stereocenters. The molecule has 6 heteroatoms. The predicted molar refractivity (Wildman–Crippen MR) is 72.8 cm³/mol. The molecule has 18 heavy (non-hydrogen) atoms. The first-order valence-corrected chi connectivity index (χ1v) is 5.98. The SMILES string of the molecule is Nc1ccc(CNC(=O)c2cc(Cl)c(Cl)[nH]2)cc1. The number of rotatable bonds is 3. The second kappa shape index (κ2) is 5.33. The fourth-order valence-corrected chi connectivity index (χ4v) is 1.75. The lowest BCUT2D eigenvalue weighted by Crippen LogP contribution is -2.23. The minimum absolute atomic E-state index is 0.259. The highest BCUT2D eigenvalue weighted by Crippen LogP contribution is 2.21. The first kappa shape index (κ1) is 12.8. The number of nitrogens with two attached hydrogens (primary N) is 1. The van der Waals surface area contributed by atoms with Gasteiger partial charge in [0.15, 0.2) is 0 Å². The summed E-state index contributed by atoms with van der Waals surface area (Å²) in [4.78, 5) is 14.5. The van der Waals surface area contributed by atoms with E-state index in [9.17, 15) is 4.79 Å². The third kappa shape index (κ3) is 2.97. The summed E-state index contributed by atoms with van der Waals surface area (Å²) in [5, 5.41) is 3.33. The maximum Gasteiger partial charge on any atom is 0.268 e. The first-order chi connectivity index (χ1) is 8.56. The number of hydrogen-bond acceptors (Lipinski definition) is 2. The molecule has 0 saturated heterocycles. The van der Waals surface area contributed by atoms with E-state index in [0.29, 0.717) is 22.9 Å². The molecule has 2 aromatic rings. The number of amides is 1. The number of aromatic amines is 1. The van der Waals surface area contributed by atoms with Crippen molar-refractivity contribution < 1.29 is 4.79 Å². The van der Waals surface area contributed by atoms with Gasteiger partial charge in [-0.25, -0.2) is 0 Å².